The molecule has 0 amide bonds. The van der Waals surface area contributed by atoms with Gasteiger partial charge in [0.25, 0.3) is 0 Å². The molecule has 1 heterocycles. The third-order valence-electron chi connectivity index (χ3n) is 3.60. The van der Waals surface area contributed by atoms with Crippen molar-refractivity contribution >= 4 is 8.80 Å². The lowest BCUT2D eigenvalue weighted by molar-refractivity contribution is -0.0265. The molecule has 89 valence electrons. The molecule has 1 radical (unpaired) electrons. The van der Waals surface area contributed by atoms with Gasteiger partial charge in [0.15, 0.2) is 0 Å². The molecule has 0 aromatic heterocycles. The molecule has 1 aliphatic rings. The Balaban J connectivity index is 2.49. The molecule has 1 aromatic rings. The van der Waals surface area contributed by atoms with Crippen LogP contribution in [0.25, 0.3) is 0 Å². The highest BCUT2D eigenvalue weighted by Gasteiger charge is 2.40. The summed E-state index contributed by atoms with van der Waals surface area (Å²) in [6.07, 6.45) is 9.16. The summed E-state index contributed by atoms with van der Waals surface area (Å²) in [4.78, 5) is 0. The number of hydrogen-bond donors (Lipinski definition) is 0. The van der Waals surface area contributed by atoms with E-state index in [9.17, 15) is 0 Å². The lowest BCUT2D eigenvalue weighted by Gasteiger charge is -2.41. The van der Waals surface area contributed by atoms with Gasteiger partial charge < -0.3 is 4.74 Å². The van der Waals surface area contributed by atoms with Crippen LogP contribution in [0.2, 0.25) is 13.1 Å². The van der Waals surface area contributed by atoms with Crippen molar-refractivity contribution < 1.29 is 4.74 Å². The van der Waals surface area contributed by atoms with Crippen molar-refractivity contribution in [1.82, 2.24) is 0 Å². The van der Waals surface area contributed by atoms with Gasteiger partial charge in [0, 0.05) is 12.2 Å². The van der Waals surface area contributed by atoms with Crippen molar-refractivity contribution in [3.05, 3.63) is 35.4 Å². The molecule has 1 unspecified atom stereocenters. The molecule has 1 fully saturated rings. The normalized spacial score (nSPS) is 24.6. The van der Waals surface area contributed by atoms with E-state index in [1.165, 1.54) is 18.4 Å². The minimum absolute atomic E-state index is 0.0775. The summed E-state index contributed by atoms with van der Waals surface area (Å²) in [5.74, 6) is 2.81. The van der Waals surface area contributed by atoms with Gasteiger partial charge in [0.1, 0.15) is 0 Å². The number of ether oxygens (including phenoxy) is 1. The third kappa shape index (κ3) is 2.18. The first kappa shape index (κ1) is 12.4. The van der Waals surface area contributed by atoms with Gasteiger partial charge in [-0.15, -0.1) is 6.42 Å². The van der Waals surface area contributed by atoms with Crippen molar-refractivity contribution in [2.24, 2.45) is 0 Å². The molecular weight excluding hydrogens is 224 g/mol. The minimum atomic E-state index is -0.596. The van der Waals surface area contributed by atoms with Crippen LogP contribution < -0.4 is 0 Å². The summed E-state index contributed by atoms with van der Waals surface area (Å²) in [5.41, 5.74) is 2.24. The van der Waals surface area contributed by atoms with Crippen LogP contribution in [0.3, 0.4) is 0 Å². The smallest absolute Gasteiger partial charge is 0.0886 e. The Bertz CT molecular complexity index is 425. The van der Waals surface area contributed by atoms with E-state index < -0.39 is 8.80 Å². The molecule has 17 heavy (non-hydrogen) atoms. The Hall–Kier alpha value is -1.04. The van der Waals surface area contributed by atoms with Gasteiger partial charge in [0.2, 0.25) is 0 Å². The number of hydrogen-bond acceptors (Lipinski definition) is 1. The van der Waals surface area contributed by atoms with Crippen LogP contribution in [0.5, 0.6) is 0 Å². The predicted octanol–water partition coefficient (Wildman–Crippen LogP) is 3.36. The van der Waals surface area contributed by atoms with E-state index in [0.29, 0.717) is 0 Å². The second-order valence-corrected chi connectivity index (χ2v) is 7.63. The van der Waals surface area contributed by atoms with Crippen molar-refractivity contribution in [3.8, 4) is 12.3 Å². The fourth-order valence-electron chi connectivity index (χ4n) is 2.63. The third-order valence-corrected chi connectivity index (χ3v) is 5.88. The van der Waals surface area contributed by atoms with Crippen LogP contribution in [-0.2, 0) is 9.96 Å². The van der Waals surface area contributed by atoms with Gasteiger partial charge in [-0.05, 0) is 30.9 Å². The molecule has 1 saturated heterocycles. The Morgan fingerprint density at radius 2 is 2.06 bits per heavy atom. The zero-order valence-corrected chi connectivity index (χ0v) is 11.6. The van der Waals surface area contributed by atoms with E-state index in [1.807, 2.05) is 12.1 Å². The summed E-state index contributed by atoms with van der Waals surface area (Å²) in [5, 5.41) is -0.0775. The predicted molar refractivity (Wildman–Crippen MR) is 73.3 cm³/mol. The van der Waals surface area contributed by atoms with Gasteiger partial charge in [-0.25, -0.2) is 0 Å². The van der Waals surface area contributed by atoms with Crippen molar-refractivity contribution in [1.29, 1.82) is 0 Å². The Morgan fingerprint density at radius 3 is 2.65 bits per heavy atom. The molecule has 0 saturated carbocycles. The molecule has 0 aliphatic carbocycles. The summed E-state index contributed by atoms with van der Waals surface area (Å²) >= 11 is 0. The van der Waals surface area contributed by atoms with Gasteiger partial charge in [-0.2, -0.15) is 0 Å². The van der Waals surface area contributed by atoms with Gasteiger partial charge in [-0.1, -0.05) is 37.2 Å². The molecule has 2 heteroatoms. The SMILES string of the molecule is C#Cc1ccccc1C1([Si](C)C)CCCCO1. The van der Waals surface area contributed by atoms with E-state index in [-0.39, 0.29) is 5.22 Å². The maximum absolute atomic E-state index is 6.21. The maximum atomic E-state index is 6.21. The largest absolute Gasteiger partial charge is 0.374 e. The zero-order valence-electron chi connectivity index (χ0n) is 10.6. The Labute approximate surface area is 106 Å². The maximum Gasteiger partial charge on any atom is 0.0886 e. The van der Waals surface area contributed by atoms with Crippen LogP contribution in [-0.4, -0.2) is 15.4 Å². The van der Waals surface area contributed by atoms with Crippen molar-refractivity contribution in [2.45, 2.75) is 37.6 Å². The number of terminal acetylenes is 1. The molecule has 2 rings (SSSR count). The first-order valence-corrected chi connectivity index (χ1v) is 8.71. The lowest BCUT2D eigenvalue weighted by Crippen LogP contribution is -2.45. The first-order chi connectivity index (χ1) is 8.20. The molecular formula is C15H19OSi. The summed E-state index contributed by atoms with van der Waals surface area (Å²) in [7, 11) is -0.596. The standard InChI is InChI=1S/C15H19OSi/c1-4-13-9-5-6-10-14(13)15(17(2)3)11-7-8-12-16-15/h1,5-6,9-10H,7-8,11-12H2,2-3H3. The highest BCUT2D eigenvalue weighted by molar-refractivity contribution is 6.59. The molecule has 0 N–H and O–H groups in total. The van der Waals surface area contributed by atoms with E-state index in [2.05, 4.69) is 31.1 Å². The average Bonchev–Trinajstić information content (AvgIpc) is 2.39. The van der Waals surface area contributed by atoms with Crippen LogP contribution in [0, 0.1) is 12.3 Å². The topological polar surface area (TPSA) is 9.23 Å². The zero-order chi connectivity index (χ0) is 12.3. The molecule has 0 bridgehead atoms. The van der Waals surface area contributed by atoms with Crippen LogP contribution >= 0.6 is 0 Å². The van der Waals surface area contributed by atoms with Crippen molar-refractivity contribution in [3.63, 3.8) is 0 Å². The highest BCUT2D eigenvalue weighted by Crippen LogP contribution is 2.39. The van der Waals surface area contributed by atoms with Gasteiger partial charge in [-0.3, -0.25) is 0 Å². The minimum Gasteiger partial charge on any atom is -0.374 e. The second-order valence-electron chi connectivity index (χ2n) is 4.82. The Morgan fingerprint density at radius 1 is 1.29 bits per heavy atom. The molecule has 1 nitrogen and oxygen atoms in total. The summed E-state index contributed by atoms with van der Waals surface area (Å²) in [6.45, 7) is 5.52. The molecule has 0 spiro atoms. The summed E-state index contributed by atoms with van der Waals surface area (Å²) in [6, 6.07) is 8.26. The van der Waals surface area contributed by atoms with Gasteiger partial charge >= 0.3 is 0 Å². The second kappa shape index (κ2) is 5.08. The highest BCUT2D eigenvalue weighted by atomic mass is 28.3. The van der Waals surface area contributed by atoms with Crippen LogP contribution in [0.1, 0.15) is 30.4 Å². The fourth-order valence-corrected chi connectivity index (χ4v) is 4.46. The van der Waals surface area contributed by atoms with E-state index >= 15 is 0 Å². The number of benzene rings is 1. The Kier molecular flexibility index (Phi) is 3.71. The number of rotatable bonds is 2. The molecule has 1 aromatic carbocycles. The van der Waals surface area contributed by atoms with E-state index in [1.54, 1.807) is 0 Å². The lowest BCUT2D eigenvalue weighted by atomic mass is 9.96. The molecule has 1 atom stereocenters. The quantitative estimate of drug-likeness (QED) is 0.572. The van der Waals surface area contributed by atoms with E-state index in [0.717, 1.165) is 18.6 Å². The van der Waals surface area contributed by atoms with Crippen molar-refractivity contribution in [2.75, 3.05) is 6.61 Å². The fraction of sp³-hybridized carbons (Fsp3) is 0.467. The monoisotopic (exact) mass is 243 g/mol. The first-order valence-electron chi connectivity index (χ1n) is 6.21. The van der Waals surface area contributed by atoms with E-state index in [4.69, 9.17) is 11.2 Å². The molecule has 1 aliphatic heterocycles. The van der Waals surface area contributed by atoms with Crippen LogP contribution in [0.4, 0.5) is 0 Å². The average molecular weight is 243 g/mol. The van der Waals surface area contributed by atoms with Gasteiger partial charge in [0.05, 0.1) is 14.0 Å². The summed E-state index contributed by atoms with van der Waals surface area (Å²) < 4.78 is 6.21. The van der Waals surface area contributed by atoms with Crippen LogP contribution in [0.15, 0.2) is 24.3 Å².